The predicted octanol–water partition coefficient (Wildman–Crippen LogP) is 4.47. The normalized spacial score (nSPS) is 21.8. The van der Waals surface area contributed by atoms with Crippen molar-refractivity contribution in [3.63, 3.8) is 0 Å². The summed E-state index contributed by atoms with van der Waals surface area (Å²) in [6.45, 7) is 1.70. The lowest BCUT2D eigenvalue weighted by Crippen LogP contribution is -2.42. The first-order valence-electron chi connectivity index (χ1n) is 8.34. The maximum atomic E-state index is 12.5. The second-order valence-electron chi connectivity index (χ2n) is 6.34. The largest absolute Gasteiger partial charge is 0.438 e. The fraction of sp³-hybridized carbons (Fsp3) is 0.611. The summed E-state index contributed by atoms with van der Waals surface area (Å²) < 4.78 is 6.09. The lowest BCUT2D eigenvalue weighted by atomic mass is 9.79. The molecule has 1 amide bonds. The van der Waals surface area contributed by atoms with Gasteiger partial charge in [0, 0.05) is 13.1 Å². The van der Waals surface area contributed by atoms with Crippen LogP contribution in [0.5, 0.6) is 0 Å². The van der Waals surface area contributed by atoms with Gasteiger partial charge in [-0.1, -0.05) is 36.8 Å². The molecule has 1 saturated heterocycles. The number of carbonyl (C=O) groups excluding carboxylic acids is 1. The predicted molar refractivity (Wildman–Crippen MR) is 83.1 cm³/mol. The van der Waals surface area contributed by atoms with Crippen molar-refractivity contribution in [2.24, 2.45) is 0 Å². The number of likely N-dealkylation sites (tertiary alicyclic amines) is 1. The Hall–Kier alpha value is -1.51. The average molecular weight is 287 g/mol. The first-order valence-corrected chi connectivity index (χ1v) is 8.34. The first-order chi connectivity index (χ1) is 10.3. The zero-order valence-electron chi connectivity index (χ0n) is 12.7. The van der Waals surface area contributed by atoms with Gasteiger partial charge in [-0.05, 0) is 50.5 Å². The van der Waals surface area contributed by atoms with Crippen molar-refractivity contribution in [1.29, 1.82) is 0 Å². The molecule has 114 valence electrons. The summed E-state index contributed by atoms with van der Waals surface area (Å²) in [5, 5.41) is 0. The second-order valence-corrected chi connectivity index (χ2v) is 6.34. The van der Waals surface area contributed by atoms with E-state index >= 15 is 0 Å². The third kappa shape index (κ3) is 3.22. The van der Waals surface area contributed by atoms with Gasteiger partial charge in [0.2, 0.25) is 0 Å². The third-order valence-corrected chi connectivity index (χ3v) is 4.86. The van der Waals surface area contributed by atoms with Crippen molar-refractivity contribution in [2.45, 2.75) is 57.0 Å². The minimum absolute atomic E-state index is 0.111. The van der Waals surface area contributed by atoms with E-state index in [0.717, 1.165) is 57.2 Å². The van der Waals surface area contributed by atoms with Crippen molar-refractivity contribution in [1.82, 2.24) is 4.90 Å². The van der Waals surface area contributed by atoms with Crippen LogP contribution in [0.15, 0.2) is 30.3 Å². The highest BCUT2D eigenvalue weighted by Crippen LogP contribution is 2.41. The molecule has 0 unspecified atom stereocenters. The van der Waals surface area contributed by atoms with E-state index in [1.807, 2.05) is 23.1 Å². The summed E-state index contributed by atoms with van der Waals surface area (Å²) >= 11 is 0. The second kappa shape index (κ2) is 6.50. The Morgan fingerprint density at radius 3 is 2.19 bits per heavy atom. The molecule has 0 bridgehead atoms. The zero-order chi connectivity index (χ0) is 14.5. The molecule has 0 N–H and O–H groups in total. The fourth-order valence-corrected chi connectivity index (χ4v) is 3.62. The molecule has 0 radical (unpaired) electrons. The maximum absolute atomic E-state index is 12.5. The van der Waals surface area contributed by atoms with Crippen molar-refractivity contribution in [2.75, 3.05) is 13.1 Å². The Kier molecular flexibility index (Phi) is 4.47. The average Bonchev–Trinajstić information content (AvgIpc) is 2.57. The Bertz CT molecular complexity index is 459. The van der Waals surface area contributed by atoms with Crippen LogP contribution >= 0.6 is 0 Å². The number of hydrogen-bond acceptors (Lipinski definition) is 2. The Balaban J connectivity index is 1.77. The van der Waals surface area contributed by atoms with E-state index in [-0.39, 0.29) is 6.09 Å². The number of amides is 1. The van der Waals surface area contributed by atoms with Crippen molar-refractivity contribution >= 4 is 6.09 Å². The van der Waals surface area contributed by atoms with Crippen LogP contribution in [-0.4, -0.2) is 24.1 Å². The molecule has 1 aromatic carbocycles. The summed E-state index contributed by atoms with van der Waals surface area (Å²) in [7, 11) is 0. The molecule has 1 aromatic rings. The van der Waals surface area contributed by atoms with E-state index in [1.54, 1.807) is 0 Å². The smallest absolute Gasteiger partial charge is 0.410 e. The van der Waals surface area contributed by atoms with Gasteiger partial charge in [-0.2, -0.15) is 0 Å². The van der Waals surface area contributed by atoms with E-state index < -0.39 is 5.60 Å². The number of rotatable bonds is 2. The summed E-state index contributed by atoms with van der Waals surface area (Å²) in [6.07, 6.45) is 8.77. The van der Waals surface area contributed by atoms with Crippen LogP contribution in [0.25, 0.3) is 0 Å². The molecule has 2 fully saturated rings. The van der Waals surface area contributed by atoms with Crippen LogP contribution in [-0.2, 0) is 10.3 Å². The quantitative estimate of drug-likeness (QED) is 0.803. The maximum Gasteiger partial charge on any atom is 0.410 e. The highest BCUT2D eigenvalue weighted by Gasteiger charge is 2.38. The fourth-order valence-electron chi connectivity index (χ4n) is 3.62. The van der Waals surface area contributed by atoms with Gasteiger partial charge in [-0.25, -0.2) is 4.79 Å². The van der Waals surface area contributed by atoms with E-state index in [1.165, 1.54) is 12.8 Å². The number of carbonyl (C=O) groups is 1. The number of ether oxygens (including phenoxy) is 1. The Morgan fingerprint density at radius 1 is 0.905 bits per heavy atom. The summed E-state index contributed by atoms with van der Waals surface area (Å²) in [4.78, 5) is 14.4. The van der Waals surface area contributed by atoms with Crippen molar-refractivity contribution < 1.29 is 9.53 Å². The molecule has 1 heterocycles. The molecular formula is C18H25NO2. The molecule has 1 aliphatic heterocycles. The van der Waals surface area contributed by atoms with Gasteiger partial charge in [0.1, 0.15) is 5.60 Å². The molecule has 2 aliphatic rings. The zero-order valence-corrected chi connectivity index (χ0v) is 12.7. The molecule has 0 atom stereocenters. The number of nitrogens with zero attached hydrogens (tertiary/aromatic N) is 1. The van der Waals surface area contributed by atoms with Crippen LogP contribution in [0, 0.1) is 0 Å². The molecule has 21 heavy (non-hydrogen) atoms. The van der Waals surface area contributed by atoms with Crippen molar-refractivity contribution in [3.8, 4) is 0 Å². The van der Waals surface area contributed by atoms with Crippen LogP contribution < -0.4 is 0 Å². The molecule has 0 aromatic heterocycles. The van der Waals surface area contributed by atoms with Gasteiger partial charge in [-0.15, -0.1) is 0 Å². The van der Waals surface area contributed by atoms with Gasteiger partial charge in [0.05, 0.1) is 0 Å². The number of benzene rings is 1. The highest BCUT2D eigenvalue weighted by atomic mass is 16.6. The number of hydrogen-bond donors (Lipinski definition) is 0. The lowest BCUT2D eigenvalue weighted by molar-refractivity contribution is -0.0399. The van der Waals surface area contributed by atoms with E-state index in [2.05, 4.69) is 12.1 Å². The van der Waals surface area contributed by atoms with Crippen LogP contribution in [0.1, 0.15) is 56.9 Å². The first kappa shape index (κ1) is 14.4. The molecule has 3 nitrogen and oxygen atoms in total. The van der Waals surface area contributed by atoms with E-state index in [9.17, 15) is 4.79 Å². The molecule has 1 aliphatic carbocycles. The van der Waals surface area contributed by atoms with Crippen LogP contribution in [0.4, 0.5) is 4.79 Å². The summed E-state index contributed by atoms with van der Waals surface area (Å²) in [6, 6.07) is 10.3. The molecule has 3 heteroatoms. The van der Waals surface area contributed by atoms with Gasteiger partial charge in [-0.3, -0.25) is 0 Å². The van der Waals surface area contributed by atoms with Crippen LogP contribution in [0.2, 0.25) is 0 Å². The van der Waals surface area contributed by atoms with E-state index in [4.69, 9.17) is 4.74 Å². The molecule has 3 rings (SSSR count). The summed E-state index contributed by atoms with van der Waals surface area (Å²) in [5.74, 6) is 0. The molecule has 0 spiro atoms. The SMILES string of the molecule is O=C(OC1(c2ccccc2)CCCCC1)N1CCCCC1. The topological polar surface area (TPSA) is 29.5 Å². The Morgan fingerprint density at radius 2 is 1.52 bits per heavy atom. The standard InChI is InChI=1S/C18H25NO2/c20-17(19-14-8-3-9-15-19)21-18(12-6-2-7-13-18)16-10-4-1-5-11-16/h1,4-5,10-11H,2-3,6-9,12-15H2. The monoisotopic (exact) mass is 287 g/mol. The lowest BCUT2D eigenvalue weighted by Gasteiger charge is -2.39. The van der Waals surface area contributed by atoms with Crippen LogP contribution in [0.3, 0.4) is 0 Å². The summed E-state index contributed by atoms with van der Waals surface area (Å²) in [5.41, 5.74) is 0.767. The minimum Gasteiger partial charge on any atom is -0.438 e. The van der Waals surface area contributed by atoms with Gasteiger partial charge in [0.25, 0.3) is 0 Å². The number of piperidine rings is 1. The molecular weight excluding hydrogens is 262 g/mol. The highest BCUT2D eigenvalue weighted by molar-refractivity contribution is 5.68. The van der Waals surface area contributed by atoms with Gasteiger partial charge < -0.3 is 9.64 Å². The van der Waals surface area contributed by atoms with E-state index in [0.29, 0.717) is 0 Å². The molecule has 1 saturated carbocycles. The Labute approximate surface area is 127 Å². The van der Waals surface area contributed by atoms with Gasteiger partial charge >= 0.3 is 6.09 Å². The van der Waals surface area contributed by atoms with Gasteiger partial charge in [0.15, 0.2) is 0 Å². The minimum atomic E-state index is -0.395. The third-order valence-electron chi connectivity index (χ3n) is 4.86. The van der Waals surface area contributed by atoms with Crippen molar-refractivity contribution in [3.05, 3.63) is 35.9 Å².